The number of carbonyl (C=O) groups is 4. The number of nitrogens with one attached hydrogen (secondary N) is 1. The highest BCUT2D eigenvalue weighted by molar-refractivity contribution is 8.00. The van der Waals surface area contributed by atoms with Crippen LogP contribution in [0.3, 0.4) is 0 Å². The Labute approximate surface area is 186 Å². The van der Waals surface area contributed by atoms with Gasteiger partial charge in [-0.15, -0.1) is 11.8 Å². The maximum absolute atomic E-state index is 12.9. The molecule has 0 spiro atoms. The van der Waals surface area contributed by atoms with E-state index < -0.39 is 35.3 Å². The number of rotatable bonds is 9. The molecule has 3 amide bonds. The van der Waals surface area contributed by atoms with Crippen molar-refractivity contribution in [1.29, 1.82) is 0 Å². The van der Waals surface area contributed by atoms with Gasteiger partial charge in [0.1, 0.15) is 37.4 Å². The first-order valence-corrected chi connectivity index (χ1v) is 10.3. The van der Waals surface area contributed by atoms with Gasteiger partial charge >= 0.3 is 12.1 Å². The molecule has 0 aromatic carbocycles. The van der Waals surface area contributed by atoms with Gasteiger partial charge in [0.2, 0.25) is 5.71 Å². The number of β-lactam (4-membered cyclic amide) rings is 1. The topological polar surface area (TPSA) is 163 Å². The van der Waals surface area contributed by atoms with Crippen LogP contribution in [-0.4, -0.2) is 72.0 Å². The first kappa shape index (κ1) is 22.9. The molecular formula is C19H20N4O8S. The molecule has 13 heteroatoms. The molecule has 3 heterocycles. The first-order chi connectivity index (χ1) is 15.4. The van der Waals surface area contributed by atoms with Crippen molar-refractivity contribution in [2.45, 2.75) is 11.4 Å². The van der Waals surface area contributed by atoms with Gasteiger partial charge in [0.15, 0.2) is 5.76 Å². The molecule has 0 saturated carbocycles. The minimum atomic E-state index is -1.02. The summed E-state index contributed by atoms with van der Waals surface area (Å²) in [6.45, 7) is 3.12. The van der Waals surface area contributed by atoms with E-state index in [2.05, 4.69) is 17.1 Å². The van der Waals surface area contributed by atoms with Gasteiger partial charge in [0, 0.05) is 11.3 Å². The summed E-state index contributed by atoms with van der Waals surface area (Å²) in [4.78, 5) is 55.1. The minimum Gasteiger partial charge on any atom is -0.462 e. The number of primary amides is 1. The zero-order chi connectivity index (χ0) is 23.3. The molecule has 1 aromatic rings. The van der Waals surface area contributed by atoms with Crippen molar-refractivity contribution in [3.05, 3.63) is 48.1 Å². The summed E-state index contributed by atoms with van der Waals surface area (Å²) in [5, 5.41) is 5.66. The summed E-state index contributed by atoms with van der Waals surface area (Å²) in [6.07, 6.45) is 1.72. The lowest BCUT2D eigenvalue weighted by Crippen LogP contribution is -2.71. The van der Waals surface area contributed by atoms with E-state index in [0.29, 0.717) is 5.57 Å². The van der Waals surface area contributed by atoms with E-state index in [1.807, 2.05) is 0 Å². The molecule has 32 heavy (non-hydrogen) atoms. The summed E-state index contributed by atoms with van der Waals surface area (Å²) in [7, 11) is 1.27. The third-order valence-electron chi connectivity index (χ3n) is 4.40. The molecule has 12 nitrogen and oxygen atoms in total. The minimum absolute atomic E-state index is 0.0517. The van der Waals surface area contributed by atoms with Crippen molar-refractivity contribution in [3.63, 3.8) is 0 Å². The maximum atomic E-state index is 12.9. The van der Waals surface area contributed by atoms with Crippen molar-refractivity contribution < 1.29 is 37.9 Å². The van der Waals surface area contributed by atoms with E-state index in [1.54, 1.807) is 6.07 Å². The van der Waals surface area contributed by atoms with Crippen molar-refractivity contribution in [2.75, 3.05) is 26.1 Å². The number of thioether (sulfide) groups is 1. The highest BCUT2D eigenvalue weighted by Gasteiger charge is 2.54. The monoisotopic (exact) mass is 464 g/mol. The van der Waals surface area contributed by atoms with Crippen LogP contribution in [0.15, 0.2) is 51.9 Å². The number of nitrogens with zero attached hydrogens (tertiary/aromatic N) is 2. The molecule has 2 atom stereocenters. The Morgan fingerprint density at radius 1 is 1.44 bits per heavy atom. The zero-order valence-corrected chi connectivity index (χ0v) is 17.8. The predicted octanol–water partition coefficient (Wildman–Crippen LogP) is 0.109. The van der Waals surface area contributed by atoms with Crippen LogP contribution in [-0.2, 0) is 28.7 Å². The highest BCUT2D eigenvalue weighted by atomic mass is 32.2. The van der Waals surface area contributed by atoms with E-state index >= 15 is 0 Å². The first-order valence-electron chi connectivity index (χ1n) is 9.21. The van der Waals surface area contributed by atoms with E-state index in [0.717, 1.165) is 0 Å². The maximum Gasteiger partial charge on any atom is 0.404 e. The highest BCUT2D eigenvalue weighted by Crippen LogP contribution is 2.40. The van der Waals surface area contributed by atoms with Crippen LogP contribution in [0.5, 0.6) is 0 Å². The standard InChI is InChI=1S/C19H20N4O8S/c1-3-6-30-18(26)14-10(8-31-19(20)27)9-32-17-13(16(25)23(14)17)21-15(24)12(22-28-2)11-5-4-7-29-11/h3-5,7,13,17H,1,6,8-9H2,2H3,(H2,20,27)(H,21,24)/b22-12-/t13-,17-/m1/s1. The molecule has 170 valence electrons. The normalized spacial score (nSPS) is 20.1. The van der Waals surface area contributed by atoms with Crippen LogP contribution in [0.4, 0.5) is 4.79 Å². The van der Waals surface area contributed by atoms with Gasteiger partial charge < -0.3 is 29.8 Å². The molecule has 0 unspecified atom stereocenters. The molecule has 3 N–H and O–H groups in total. The zero-order valence-electron chi connectivity index (χ0n) is 16.9. The molecule has 1 fully saturated rings. The number of ether oxygens (including phenoxy) is 2. The Morgan fingerprint density at radius 2 is 2.22 bits per heavy atom. The molecule has 1 aromatic heterocycles. The van der Waals surface area contributed by atoms with Gasteiger partial charge in [-0.3, -0.25) is 14.5 Å². The molecule has 1 saturated heterocycles. The Morgan fingerprint density at radius 3 is 2.84 bits per heavy atom. The Hall–Kier alpha value is -3.74. The Bertz CT molecular complexity index is 987. The number of hydrogen-bond acceptors (Lipinski definition) is 10. The SMILES string of the molecule is C=CCOC(=O)C1=C(COC(N)=O)CS[C@@H]2[C@H](NC(=O)/C(=N\OC)c3ccco3)C(=O)N12. The quantitative estimate of drug-likeness (QED) is 0.170. The lowest BCUT2D eigenvalue weighted by atomic mass is 10.0. The van der Waals surface area contributed by atoms with Gasteiger partial charge in [0.25, 0.3) is 11.8 Å². The lowest BCUT2D eigenvalue weighted by Gasteiger charge is -2.49. The molecule has 3 rings (SSSR count). The number of hydrogen-bond donors (Lipinski definition) is 2. The van der Waals surface area contributed by atoms with E-state index in [1.165, 1.54) is 42.2 Å². The predicted molar refractivity (Wildman–Crippen MR) is 111 cm³/mol. The molecule has 2 aliphatic rings. The number of oxime groups is 1. The summed E-state index contributed by atoms with van der Waals surface area (Å²) in [5.41, 5.74) is 5.16. The van der Waals surface area contributed by atoms with Crippen LogP contribution in [0.2, 0.25) is 0 Å². The van der Waals surface area contributed by atoms with Gasteiger partial charge in [-0.25, -0.2) is 9.59 Å². The van der Waals surface area contributed by atoms with Crippen LogP contribution >= 0.6 is 11.8 Å². The van der Waals surface area contributed by atoms with Crippen molar-refractivity contribution in [3.8, 4) is 0 Å². The number of fused-ring (bicyclic) bond motifs is 1. The largest absolute Gasteiger partial charge is 0.462 e. The van der Waals surface area contributed by atoms with E-state index in [4.69, 9.17) is 24.5 Å². The smallest absolute Gasteiger partial charge is 0.404 e. The number of furan rings is 1. The fourth-order valence-electron chi connectivity index (χ4n) is 3.06. The Balaban J connectivity index is 1.80. The fraction of sp³-hybridized carbons (Fsp3) is 0.316. The summed E-state index contributed by atoms with van der Waals surface area (Å²) >= 11 is 1.27. The van der Waals surface area contributed by atoms with Gasteiger partial charge in [0.05, 0.1) is 6.26 Å². The van der Waals surface area contributed by atoms with Crippen LogP contribution in [0, 0.1) is 0 Å². The number of amides is 3. The average molecular weight is 464 g/mol. The van der Waals surface area contributed by atoms with Crippen molar-refractivity contribution in [2.24, 2.45) is 10.9 Å². The van der Waals surface area contributed by atoms with Gasteiger partial charge in [-0.1, -0.05) is 17.8 Å². The van der Waals surface area contributed by atoms with Gasteiger partial charge in [-0.2, -0.15) is 0 Å². The second-order valence-electron chi connectivity index (χ2n) is 6.41. The van der Waals surface area contributed by atoms with Crippen LogP contribution < -0.4 is 11.1 Å². The van der Waals surface area contributed by atoms with E-state index in [-0.39, 0.29) is 36.1 Å². The molecule has 2 aliphatic heterocycles. The number of carbonyl (C=O) groups excluding carboxylic acids is 4. The molecule has 0 radical (unpaired) electrons. The third kappa shape index (κ3) is 4.61. The van der Waals surface area contributed by atoms with Crippen LogP contribution in [0.1, 0.15) is 5.76 Å². The number of esters is 1. The van der Waals surface area contributed by atoms with E-state index in [9.17, 15) is 19.2 Å². The molecule has 0 aliphatic carbocycles. The number of nitrogens with two attached hydrogens (primary N) is 1. The fourth-order valence-corrected chi connectivity index (χ4v) is 4.38. The summed E-state index contributed by atoms with van der Waals surface area (Å²) < 4.78 is 15.1. The second-order valence-corrected chi connectivity index (χ2v) is 7.51. The molecule has 0 bridgehead atoms. The Kier molecular flexibility index (Phi) is 7.20. The van der Waals surface area contributed by atoms with Crippen LogP contribution in [0.25, 0.3) is 0 Å². The third-order valence-corrected chi connectivity index (χ3v) is 5.74. The van der Waals surface area contributed by atoms with Crippen molar-refractivity contribution >= 4 is 41.4 Å². The summed E-state index contributed by atoms with van der Waals surface area (Å²) in [6, 6.07) is 2.15. The second kappa shape index (κ2) is 10.0. The van der Waals surface area contributed by atoms with Crippen molar-refractivity contribution in [1.82, 2.24) is 10.2 Å². The molecular weight excluding hydrogens is 444 g/mol. The average Bonchev–Trinajstić information content (AvgIpc) is 3.31. The lowest BCUT2D eigenvalue weighted by molar-refractivity contribution is -0.152. The van der Waals surface area contributed by atoms with Gasteiger partial charge in [-0.05, 0) is 12.1 Å². The summed E-state index contributed by atoms with van der Waals surface area (Å²) in [5.74, 6) is -1.63.